The first kappa shape index (κ1) is 18.8. The Kier molecular flexibility index (Phi) is 5.11. The van der Waals surface area contributed by atoms with E-state index >= 15 is 0 Å². The number of hydrogen-bond donors (Lipinski definition) is 2. The number of aromatic hydroxyl groups is 1. The van der Waals surface area contributed by atoms with E-state index in [9.17, 15) is 27.9 Å². The number of carbonyl (C=O) groups excluding carboxylic acids is 2. The molecular weight excluding hydrogens is 365 g/mol. The topological polar surface area (TPSA) is 82.8 Å². The highest BCUT2D eigenvalue weighted by molar-refractivity contribution is 5.95. The smallest absolute Gasteiger partial charge is 0.257 e. The van der Waals surface area contributed by atoms with Crippen LogP contribution in [0.5, 0.6) is 5.75 Å². The first-order chi connectivity index (χ1) is 12.8. The number of halogens is 3. The number of rotatable bonds is 4. The van der Waals surface area contributed by atoms with Crippen molar-refractivity contribution in [2.45, 2.75) is 32.4 Å². The van der Waals surface area contributed by atoms with Crippen LogP contribution in [0.25, 0.3) is 0 Å². The largest absolute Gasteiger partial charge is 0.503 e. The first-order valence-electron chi connectivity index (χ1n) is 8.30. The lowest BCUT2D eigenvalue weighted by Crippen LogP contribution is -2.31. The maximum atomic E-state index is 14.1. The summed E-state index contributed by atoms with van der Waals surface area (Å²) in [4.78, 5) is 24.9. The van der Waals surface area contributed by atoms with Gasteiger partial charge in [0, 0.05) is 13.5 Å². The van der Waals surface area contributed by atoms with Gasteiger partial charge >= 0.3 is 0 Å². The molecule has 0 unspecified atom stereocenters. The van der Waals surface area contributed by atoms with Gasteiger partial charge in [-0.05, 0) is 31.0 Å². The van der Waals surface area contributed by atoms with Gasteiger partial charge in [-0.1, -0.05) is 0 Å². The van der Waals surface area contributed by atoms with Crippen molar-refractivity contribution in [2.75, 3.05) is 6.54 Å². The van der Waals surface area contributed by atoms with Gasteiger partial charge in [-0.25, -0.2) is 8.78 Å². The zero-order valence-corrected chi connectivity index (χ0v) is 14.4. The highest BCUT2D eigenvalue weighted by Gasteiger charge is 2.35. The average molecular weight is 382 g/mol. The highest BCUT2D eigenvalue weighted by atomic mass is 19.2. The maximum absolute atomic E-state index is 14.1. The Labute approximate surface area is 152 Å². The summed E-state index contributed by atoms with van der Waals surface area (Å²) in [5.41, 5.74) is -0.747. The maximum Gasteiger partial charge on any atom is 0.257 e. The van der Waals surface area contributed by atoms with E-state index in [1.54, 1.807) is 12.1 Å². The molecule has 27 heavy (non-hydrogen) atoms. The van der Waals surface area contributed by atoms with Gasteiger partial charge in [0.15, 0.2) is 17.4 Å². The molecule has 1 aromatic carbocycles. The number of carbonyl (C=O) groups is 2. The Morgan fingerprint density at radius 1 is 1.30 bits per heavy atom. The number of phenolic OH excluding ortho intramolecular Hbond substituents is 1. The third-order valence-electron chi connectivity index (χ3n) is 4.40. The molecule has 2 aromatic rings. The minimum absolute atomic E-state index is 0.182. The summed E-state index contributed by atoms with van der Waals surface area (Å²) < 4.78 is 46.5. The fourth-order valence-corrected chi connectivity index (χ4v) is 3.09. The lowest BCUT2D eigenvalue weighted by atomic mass is 10.1. The van der Waals surface area contributed by atoms with Crippen molar-refractivity contribution in [2.24, 2.45) is 0 Å². The van der Waals surface area contributed by atoms with Gasteiger partial charge in [0.25, 0.3) is 5.91 Å². The standard InChI is InChI=1S/C18H17F3N2O4/c1-9(24)22-8-10-4-5-14(27-10)13-3-2-6-23(13)18(26)11-7-12(19)16(21)17(25)15(11)20/h4-5,7,13,25H,2-3,6,8H2,1H3,(H,22,24)/t13-/m0/s1. The van der Waals surface area contributed by atoms with E-state index in [0.717, 1.165) is 0 Å². The van der Waals surface area contributed by atoms with Crippen LogP contribution >= 0.6 is 0 Å². The van der Waals surface area contributed by atoms with E-state index in [1.807, 2.05) is 0 Å². The van der Waals surface area contributed by atoms with Gasteiger partial charge in [-0.15, -0.1) is 0 Å². The molecule has 1 saturated heterocycles. The second kappa shape index (κ2) is 7.34. The predicted octanol–water partition coefficient (Wildman–Crippen LogP) is 3.02. The number of amides is 2. The Bertz CT molecular complexity index is 897. The molecule has 2 N–H and O–H groups in total. The molecule has 1 aliphatic rings. The zero-order valence-electron chi connectivity index (χ0n) is 14.4. The minimum Gasteiger partial charge on any atom is -0.503 e. The van der Waals surface area contributed by atoms with Crippen LogP contribution in [0.4, 0.5) is 13.2 Å². The number of hydrogen-bond acceptors (Lipinski definition) is 4. The normalized spacial score (nSPS) is 16.6. The second-order valence-electron chi connectivity index (χ2n) is 6.25. The van der Waals surface area contributed by atoms with Crippen molar-refractivity contribution >= 4 is 11.8 Å². The van der Waals surface area contributed by atoms with Crippen molar-refractivity contribution in [3.63, 3.8) is 0 Å². The summed E-state index contributed by atoms with van der Waals surface area (Å²) in [5, 5.41) is 11.9. The summed E-state index contributed by atoms with van der Waals surface area (Å²) in [6.45, 7) is 1.82. The number of phenols is 1. The lowest BCUT2D eigenvalue weighted by Gasteiger charge is -2.23. The fraction of sp³-hybridized carbons (Fsp3) is 0.333. The van der Waals surface area contributed by atoms with Gasteiger partial charge in [0.05, 0.1) is 18.2 Å². The zero-order chi connectivity index (χ0) is 19.7. The quantitative estimate of drug-likeness (QED) is 0.797. The molecule has 0 aliphatic carbocycles. The van der Waals surface area contributed by atoms with Gasteiger partial charge < -0.3 is 19.7 Å². The summed E-state index contributed by atoms with van der Waals surface area (Å²) in [7, 11) is 0. The number of nitrogens with zero attached hydrogens (tertiary/aromatic N) is 1. The van der Waals surface area contributed by atoms with Crippen molar-refractivity contribution < 1.29 is 32.3 Å². The Balaban J connectivity index is 1.85. The summed E-state index contributed by atoms with van der Waals surface area (Å²) in [5.74, 6) is -6.45. The molecular formula is C18H17F3N2O4. The van der Waals surface area contributed by atoms with E-state index in [-0.39, 0.29) is 19.0 Å². The average Bonchev–Trinajstić information content (AvgIpc) is 3.29. The van der Waals surface area contributed by atoms with E-state index in [0.29, 0.717) is 30.4 Å². The third kappa shape index (κ3) is 3.62. The van der Waals surface area contributed by atoms with E-state index < -0.39 is 40.7 Å². The third-order valence-corrected chi connectivity index (χ3v) is 4.40. The molecule has 1 atom stereocenters. The summed E-state index contributed by atoms with van der Waals surface area (Å²) >= 11 is 0. The molecule has 0 bridgehead atoms. The van der Waals surface area contributed by atoms with Gasteiger partial charge in [-0.3, -0.25) is 9.59 Å². The molecule has 0 radical (unpaired) electrons. The van der Waals surface area contributed by atoms with Crippen LogP contribution in [0, 0.1) is 17.5 Å². The molecule has 144 valence electrons. The van der Waals surface area contributed by atoms with Gasteiger partial charge in [0.2, 0.25) is 11.7 Å². The monoisotopic (exact) mass is 382 g/mol. The van der Waals surface area contributed by atoms with Crippen molar-refractivity contribution in [1.29, 1.82) is 0 Å². The van der Waals surface area contributed by atoms with Crippen LogP contribution < -0.4 is 5.32 Å². The second-order valence-corrected chi connectivity index (χ2v) is 6.25. The minimum atomic E-state index is -1.74. The molecule has 3 rings (SSSR count). The number of benzene rings is 1. The summed E-state index contributed by atoms with van der Waals surface area (Å²) in [6, 6.07) is 3.22. The predicted molar refractivity (Wildman–Crippen MR) is 87.2 cm³/mol. The van der Waals surface area contributed by atoms with Crippen molar-refractivity contribution in [3.8, 4) is 5.75 Å². The van der Waals surface area contributed by atoms with Crippen molar-refractivity contribution in [3.05, 3.63) is 52.7 Å². The number of furan rings is 1. The number of likely N-dealkylation sites (tertiary alicyclic amines) is 1. The number of nitrogens with one attached hydrogen (secondary N) is 1. The van der Waals surface area contributed by atoms with E-state index in [1.165, 1.54) is 11.8 Å². The molecule has 2 heterocycles. The Morgan fingerprint density at radius 2 is 2.04 bits per heavy atom. The van der Waals surface area contributed by atoms with Gasteiger partial charge in [0.1, 0.15) is 11.5 Å². The Morgan fingerprint density at radius 3 is 2.74 bits per heavy atom. The first-order valence-corrected chi connectivity index (χ1v) is 8.30. The Hall–Kier alpha value is -2.97. The van der Waals surface area contributed by atoms with E-state index in [2.05, 4.69) is 5.32 Å². The van der Waals surface area contributed by atoms with Crippen LogP contribution in [0.15, 0.2) is 22.6 Å². The molecule has 1 aromatic heterocycles. The molecule has 2 amide bonds. The molecule has 1 fully saturated rings. The van der Waals surface area contributed by atoms with Crippen molar-refractivity contribution in [1.82, 2.24) is 10.2 Å². The molecule has 0 saturated carbocycles. The van der Waals surface area contributed by atoms with Gasteiger partial charge in [-0.2, -0.15) is 4.39 Å². The fourth-order valence-electron chi connectivity index (χ4n) is 3.09. The van der Waals surface area contributed by atoms with Crippen LogP contribution in [-0.4, -0.2) is 28.4 Å². The van der Waals surface area contributed by atoms with E-state index in [4.69, 9.17) is 4.42 Å². The SMILES string of the molecule is CC(=O)NCc1ccc([C@@H]2CCCN2C(=O)c2cc(F)c(F)c(O)c2F)o1. The van der Waals surface area contributed by atoms with Crippen LogP contribution in [0.1, 0.15) is 47.7 Å². The van der Waals surface area contributed by atoms with Crippen LogP contribution in [0.2, 0.25) is 0 Å². The lowest BCUT2D eigenvalue weighted by molar-refractivity contribution is -0.119. The van der Waals surface area contributed by atoms with Crippen LogP contribution in [-0.2, 0) is 11.3 Å². The highest BCUT2D eigenvalue weighted by Crippen LogP contribution is 2.35. The molecule has 0 spiro atoms. The summed E-state index contributed by atoms with van der Waals surface area (Å²) in [6.07, 6.45) is 1.14. The molecule has 1 aliphatic heterocycles. The molecule has 6 nitrogen and oxygen atoms in total. The van der Waals surface area contributed by atoms with Crippen LogP contribution in [0.3, 0.4) is 0 Å². The molecule has 9 heteroatoms.